The van der Waals surface area contributed by atoms with Crippen LogP contribution in [-0.2, 0) is 13.1 Å². The summed E-state index contributed by atoms with van der Waals surface area (Å²) < 4.78 is 0. The van der Waals surface area contributed by atoms with Gasteiger partial charge >= 0.3 is 0 Å². The lowest BCUT2D eigenvalue weighted by molar-refractivity contribution is 0.371. The Bertz CT molecular complexity index is 870. The SMILES string of the molecule is CC(C)CN(CC(C)C)c1cc(Cl)nc(NCc2ccc(CNCCCNC3CCCCC3)cc2)n1. The molecule has 0 aliphatic heterocycles. The zero-order valence-corrected chi connectivity index (χ0v) is 23.6. The topological polar surface area (TPSA) is 65.1 Å². The van der Waals surface area contributed by atoms with Crippen LogP contribution in [-0.4, -0.2) is 42.2 Å². The molecule has 36 heavy (non-hydrogen) atoms. The van der Waals surface area contributed by atoms with E-state index in [4.69, 9.17) is 16.6 Å². The van der Waals surface area contributed by atoms with Gasteiger partial charge in [-0.1, -0.05) is 82.8 Å². The summed E-state index contributed by atoms with van der Waals surface area (Å²) in [5.41, 5.74) is 2.50. The Morgan fingerprint density at radius 2 is 1.53 bits per heavy atom. The van der Waals surface area contributed by atoms with E-state index in [2.05, 4.69) is 77.8 Å². The molecule has 1 aromatic carbocycles. The van der Waals surface area contributed by atoms with Crippen molar-refractivity contribution in [3.8, 4) is 0 Å². The van der Waals surface area contributed by atoms with E-state index in [0.29, 0.717) is 29.5 Å². The van der Waals surface area contributed by atoms with E-state index in [0.717, 1.165) is 44.6 Å². The molecule has 2 aromatic rings. The van der Waals surface area contributed by atoms with Crippen LogP contribution in [0.2, 0.25) is 5.15 Å². The van der Waals surface area contributed by atoms with Gasteiger partial charge in [-0.15, -0.1) is 0 Å². The highest BCUT2D eigenvalue weighted by Crippen LogP contribution is 2.21. The Morgan fingerprint density at radius 1 is 0.889 bits per heavy atom. The molecule has 7 heteroatoms. The number of halogens is 1. The van der Waals surface area contributed by atoms with E-state index < -0.39 is 0 Å². The number of benzene rings is 1. The van der Waals surface area contributed by atoms with Gasteiger partial charge in [0.1, 0.15) is 11.0 Å². The van der Waals surface area contributed by atoms with Crippen molar-refractivity contribution in [1.82, 2.24) is 20.6 Å². The molecule has 0 radical (unpaired) electrons. The summed E-state index contributed by atoms with van der Waals surface area (Å²) in [6, 6.07) is 11.4. The van der Waals surface area contributed by atoms with Crippen LogP contribution in [0.25, 0.3) is 0 Å². The maximum atomic E-state index is 6.36. The summed E-state index contributed by atoms with van der Waals surface area (Å²) in [5, 5.41) is 11.1. The Labute approximate surface area is 224 Å². The highest BCUT2D eigenvalue weighted by molar-refractivity contribution is 6.29. The van der Waals surface area contributed by atoms with Crippen LogP contribution in [0.4, 0.5) is 11.8 Å². The fourth-order valence-corrected chi connectivity index (χ4v) is 4.98. The molecule has 1 heterocycles. The first-order valence-corrected chi connectivity index (χ1v) is 14.3. The van der Waals surface area contributed by atoms with Crippen molar-refractivity contribution in [3.63, 3.8) is 0 Å². The number of hydrogen-bond donors (Lipinski definition) is 3. The fraction of sp³-hybridized carbons (Fsp3) is 0.655. The number of hydrogen-bond acceptors (Lipinski definition) is 6. The van der Waals surface area contributed by atoms with E-state index in [1.807, 2.05) is 6.07 Å². The predicted octanol–water partition coefficient (Wildman–Crippen LogP) is 6.26. The van der Waals surface area contributed by atoms with Crippen LogP contribution in [0.5, 0.6) is 0 Å². The summed E-state index contributed by atoms with van der Waals surface area (Å²) in [7, 11) is 0. The van der Waals surface area contributed by atoms with Gasteiger partial charge in [0, 0.05) is 38.3 Å². The van der Waals surface area contributed by atoms with Crippen LogP contribution in [0, 0.1) is 11.8 Å². The third-order valence-corrected chi connectivity index (χ3v) is 6.74. The summed E-state index contributed by atoms with van der Waals surface area (Å²) in [4.78, 5) is 11.5. The average Bonchev–Trinajstić information content (AvgIpc) is 2.85. The van der Waals surface area contributed by atoms with Gasteiger partial charge in [0.2, 0.25) is 5.95 Å². The zero-order chi connectivity index (χ0) is 25.8. The Morgan fingerprint density at radius 3 is 2.17 bits per heavy atom. The number of nitrogens with zero attached hydrogens (tertiary/aromatic N) is 3. The van der Waals surface area contributed by atoms with Gasteiger partial charge in [0.25, 0.3) is 0 Å². The molecule has 1 fully saturated rings. The van der Waals surface area contributed by atoms with Gasteiger partial charge in [0.05, 0.1) is 0 Å². The van der Waals surface area contributed by atoms with Crippen LogP contribution >= 0.6 is 11.6 Å². The van der Waals surface area contributed by atoms with Crippen molar-refractivity contribution in [2.75, 3.05) is 36.4 Å². The van der Waals surface area contributed by atoms with Gasteiger partial charge in [-0.3, -0.25) is 0 Å². The molecule has 0 unspecified atom stereocenters. The van der Waals surface area contributed by atoms with E-state index in [1.54, 1.807) is 0 Å². The molecule has 3 N–H and O–H groups in total. The van der Waals surface area contributed by atoms with Crippen molar-refractivity contribution < 1.29 is 0 Å². The number of rotatable bonds is 15. The smallest absolute Gasteiger partial charge is 0.226 e. The highest BCUT2D eigenvalue weighted by atomic mass is 35.5. The number of nitrogens with one attached hydrogen (secondary N) is 3. The summed E-state index contributed by atoms with van der Waals surface area (Å²) in [5.74, 6) is 2.54. The molecule has 3 rings (SSSR count). The Kier molecular flexibility index (Phi) is 12.3. The van der Waals surface area contributed by atoms with Gasteiger partial charge in [-0.25, -0.2) is 4.98 Å². The second kappa shape index (κ2) is 15.4. The average molecular weight is 515 g/mol. The second-order valence-electron chi connectivity index (χ2n) is 11.1. The fourth-order valence-electron chi connectivity index (χ4n) is 4.81. The van der Waals surface area contributed by atoms with Crippen molar-refractivity contribution in [3.05, 3.63) is 46.6 Å². The Hall–Kier alpha value is -1.89. The molecule has 0 bridgehead atoms. The molecule has 200 valence electrons. The van der Waals surface area contributed by atoms with Crippen molar-refractivity contribution in [2.24, 2.45) is 11.8 Å². The molecule has 6 nitrogen and oxygen atoms in total. The molecular formula is C29H47ClN6. The van der Waals surface area contributed by atoms with E-state index in [1.165, 1.54) is 49.7 Å². The van der Waals surface area contributed by atoms with E-state index in [9.17, 15) is 0 Å². The first-order valence-electron chi connectivity index (χ1n) is 13.9. The first kappa shape index (κ1) is 28.7. The minimum Gasteiger partial charge on any atom is -0.356 e. The van der Waals surface area contributed by atoms with Crippen LogP contribution in [0.3, 0.4) is 0 Å². The molecular weight excluding hydrogens is 468 g/mol. The first-order chi connectivity index (χ1) is 17.4. The lowest BCUT2D eigenvalue weighted by Crippen LogP contribution is -2.33. The molecule has 1 aromatic heterocycles. The minimum atomic E-state index is 0.468. The zero-order valence-electron chi connectivity index (χ0n) is 22.8. The van der Waals surface area contributed by atoms with Gasteiger partial charge in [-0.2, -0.15) is 4.98 Å². The second-order valence-corrected chi connectivity index (χ2v) is 11.4. The third kappa shape index (κ3) is 10.6. The number of aromatic nitrogens is 2. The van der Waals surface area contributed by atoms with E-state index in [-0.39, 0.29) is 0 Å². The van der Waals surface area contributed by atoms with Crippen molar-refractivity contribution in [2.45, 2.75) is 85.4 Å². The maximum Gasteiger partial charge on any atom is 0.226 e. The normalized spacial score (nSPS) is 14.5. The van der Waals surface area contributed by atoms with E-state index >= 15 is 0 Å². The molecule has 0 amide bonds. The van der Waals surface area contributed by atoms with Crippen LogP contribution in [0.15, 0.2) is 30.3 Å². The molecule has 1 aliphatic rings. The molecule has 1 saturated carbocycles. The third-order valence-electron chi connectivity index (χ3n) is 6.55. The van der Waals surface area contributed by atoms with Crippen molar-refractivity contribution in [1.29, 1.82) is 0 Å². The highest BCUT2D eigenvalue weighted by Gasteiger charge is 2.15. The largest absolute Gasteiger partial charge is 0.356 e. The standard InChI is InChI=1S/C29H47ClN6/c1-22(2)20-36(21-23(3)4)28-17-27(30)34-29(35-28)33-19-25-13-11-24(12-14-25)18-31-15-8-16-32-26-9-6-5-7-10-26/h11-14,17,22-23,26,31-32H,5-10,15-16,18-21H2,1-4H3,(H,33,34,35). The lowest BCUT2D eigenvalue weighted by Gasteiger charge is -2.27. The summed E-state index contributed by atoms with van der Waals surface area (Å²) in [6.45, 7) is 14.5. The number of anilines is 2. The predicted molar refractivity (Wildman–Crippen MR) is 154 cm³/mol. The molecule has 0 atom stereocenters. The lowest BCUT2D eigenvalue weighted by atomic mass is 9.95. The van der Waals surface area contributed by atoms with Crippen LogP contribution < -0.4 is 20.9 Å². The minimum absolute atomic E-state index is 0.468. The van der Waals surface area contributed by atoms with Crippen LogP contribution in [0.1, 0.15) is 77.3 Å². The quantitative estimate of drug-likeness (QED) is 0.192. The van der Waals surface area contributed by atoms with Crippen molar-refractivity contribution >= 4 is 23.4 Å². The summed E-state index contributed by atoms with van der Waals surface area (Å²) in [6.07, 6.45) is 8.08. The van der Waals surface area contributed by atoms with Gasteiger partial charge < -0.3 is 20.9 Å². The van der Waals surface area contributed by atoms with Gasteiger partial charge in [0.15, 0.2) is 0 Å². The molecule has 0 saturated heterocycles. The monoisotopic (exact) mass is 514 g/mol. The maximum absolute atomic E-state index is 6.36. The molecule has 1 aliphatic carbocycles. The van der Waals surface area contributed by atoms with Gasteiger partial charge in [-0.05, 0) is 55.3 Å². The molecule has 0 spiro atoms. The summed E-state index contributed by atoms with van der Waals surface area (Å²) >= 11 is 6.36. The Balaban J connectivity index is 1.42.